The molecule has 2 aromatic carbocycles. The number of alkyl halides is 2. The number of carbonyl (C=O) groups is 2. The molecule has 2 saturated heterocycles. The minimum Gasteiger partial charge on any atom is -0.434 e. The number of amides is 2. The van der Waals surface area contributed by atoms with Crippen LogP contribution in [-0.4, -0.2) is 60.4 Å². The van der Waals surface area contributed by atoms with Crippen molar-refractivity contribution in [2.45, 2.75) is 51.3 Å². The van der Waals surface area contributed by atoms with Gasteiger partial charge in [0.25, 0.3) is 5.91 Å². The van der Waals surface area contributed by atoms with Crippen molar-refractivity contribution in [1.29, 1.82) is 0 Å². The van der Waals surface area contributed by atoms with E-state index in [2.05, 4.69) is 27.1 Å². The van der Waals surface area contributed by atoms with Gasteiger partial charge >= 0.3 is 6.61 Å². The normalized spacial score (nSPS) is 21.1. The van der Waals surface area contributed by atoms with E-state index in [4.69, 9.17) is 0 Å². The molecule has 8 heteroatoms. The average Bonchev–Trinajstić information content (AvgIpc) is 2.88. The Kier molecular flexibility index (Phi) is 8.69. The molecular formula is C27H33F2N3O3. The third-order valence-corrected chi connectivity index (χ3v) is 6.90. The molecule has 2 fully saturated rings. The Labute approximate surface area is 205 Å². The van der Waals surface area contributed by atoms with Crippen LogP contribution < -0.4 is 10.1 Å². The molecule has 0 bridgehead atoms. The number of likely N-dealkylation sites (tertiary alicyclic amines) is 2. The first-order chi connectivity index (χ1) is 17.0. The summed E-state index contributed by atoms with van der Waals surface area (Å²) < 4.78 is 30.0. The van der Waals surface area contributed by atoms with Crippen molar-refractivity contribution in [1.82, 2.24) is 15.1 Å². The van der Waals surface area contributed by atoms with E-state index in [-0.39, 0.29) is 41.6 Å². The SMILES string of the molecule is O=C(NC[C@@H]1CCCCN1Cc1ccccc1)[C@H]1CCCN(C(=O)c2ccccc2OC(F)F)C1. The van der Waals surface area contributed by atoms with Crippen molar-refractivity contribution >= 4 is 11.8 Å². The number of hydrogen-bond donors (Lipinski definition) is 1. The van der Waals surface area contributed by atoms with Crippen LogP contribution in [0.3, 0.4) is 0 Å². The third kappa shape index (κ3) is 6.78. The van der Waals surface area contributed by atoms with Gasteiger partial charge in [-0.15, -0.1) is 0 Å². The Morgan fingerprint density at radius 2 is 1.74 bits per heavy atom. The average molecular weight is 486 g/mol. The Hall–Kier alpha value is -3.00. The first-order valence-electron chi connectivity index (χ1n) is 12.4. The maximum Gasteiger partial charge on any atom is 0.387 e. The highest BCUT2D eigenvalue weighted by molar-refractivity contribution is 5.97. The lowest BCUT2D eigenvalue weighted by Gasteiger charge is -2.37. The fourth-order valence-corrected chi connectivity index (χ4v) is 5.07. The molecule has 2 amide bonds. The molecule has 0 radical (unpaired) electrons. The van der Waals surface area contributed by atoms with Gasteiger partial charge in [0.15, 0.2) is 0 Å². The van der Waals surface area contributed by atoms with Gasteiger partial charge in [-0.2, -0.15) is 8.78 Å². The van der Waals surface area contributed by atoms with Crippen LogP contribution in [0.25, 0.3) is 0 Å². The van der Waals surface area contributed by atoms with Gasteiger partial charge in [-0.1, -0.05) is 48.9 Å². The second-order valence-corrected chi connectivity index (χ2v) is 9.32. The minimum atomic E-state index is -3.01. The highest BCUT2D eigenvalue weighted by Crippen LogP contribution is 2.25. The summed E-state index contributed by atoms with van der Waals surface area (Å²) in [6.07, 6.45) is 4.74. The van der Waals surface area contributed by atoms with Crippen molar-refractivity contribution in [3.63, 3.8) is 0 Å². The van der Waals surface area contributed by atoms with Crippen LogP contribution in [0, 0.1) is 5.92 Å². The standard InChI is InChI=1S/C27H33F2N3O3/c28-27(29)35-24-14-5-4-13-23(24)26(34)32-16-8-11-21(19-32)25(33)30-17-22-12-6-7-15-31(22)18-20-9-2-1-3-10-20/h1-5,9-10,13-14,21-22,27H,6-8,11-12,15-19H2,(H,30,33)/t21-,22-/m0/s1. The highest BCUT2D eigenvalue weighted by Gasteiger charge is 2.31. The van der Waals surface area contributed by atoms with E-state index < -0.39 is 6.61 Å². The number of benzene rings is 2. The van der Waals surface area contributed by atoms with Crippen LogP contribution in [-0.2, 0) is 11.3 Å². The van der Waals surface area contributed by atoms with E-state index in [1.54, 1.807) is 17.0 Å². The number of rotatable bonds is 8. The van der Waals surface area contributed by atoms with Crippen LogP contribution in [0.15, 0.2) is 54.6 Å². The van der Waals surface area contributed by atoms with E-state index in [0.29, 0.717) is 25.9 Å². The van der Waals surface area contributed by atoms with Crippen molar-refractivity contribution in [3.05, 3.63) is 65.7 Å². The van der Waals surface area contributed by atoms with Gasteiger partial charge in [-0.05, 0) is 49.9 Å². The first-order valence-corrected chi connectivity index (χ1v) is 12.4. The van der Waals surface area contributed by atoms with E-state index in [1.807, 2.05) is 18.2 Å². The van der Waals surface area contributed by atoms with Gasteiger partial charge < -0.3 is 15.0 Å². The minimum absolute atomic E-state index is 0.0511. The Morgan fingerprint density at radius 1 is 0.971 bits per heavy atom. The van der Waals surface area contributed by atoms with Crippen LogP contribution in [0.2, 0.25) is 0 Å². The number of hydrogen-bond acceptors (Lipinski definition) is 4. The number of piperidine rings is 2. The number of halogens is 2. The number of carbonyl (C=O) groups excluding carboxylic acids is 2. The first kappa shape index (κ1) is 25.1. The number of para-hydroxylation sites is 1. The smallest absolute Gasteiger partial charge is 0.387 e. The number of ether oxygens (including phenoxy) is 1. The predicted molar refractivity (Wildman–Crippen MR) is 129 cm³/mol. The largest absolute Gasteiger partial charge is 0.434 e. The molecule has 0 aromatic heterocycles. The molecule has 35 heavy (non-hydrogen) atoms. The molecule has 0 unspecified atom stereocenters. The number of nitrogens with zero attached hydrogens (tertiary/aromatic N) is 2. The maximum atomic E-state index is 13.1. The fourth-order valence-electron chi connectivity index (χ4n) is 5.07. The van der Waals surface area contributed by atoms with Crippen molar-refractivity contribution in [2.24, 2.45) is 5.92 Å². The van der Waals surface area contributed by atoms with Gasteiger partial charge in [0, 0.05) is 32.2 Å². The molecule has 2 aliphatic rings. The Balaban J connectivity index is 1.33. The zero-order valence-electron chi connectivity index (χ0n) is 19.9. The molecule has 4 rings (SSSR count). The molecular weight excluding hydrogens is 452 g/mol. The molecule has 2 heterocycles. The lowest BCUT2D eigenvalue weighted by molar-refractivity contribution is -0.126. The van der Waals surface area contributed by atoms with E-state index in [0.717, 1.165) is 32.4 Å². The Bertz CT molecular complexity index is 989. The summed E-state index contributed by atoms with van der Waals surface area (Å²) in [6, 6.07) is 16.7. The topological polar surface area (TPSA) is 61.9 Å². The summed E-state index contributed by atoms with van der Waals surface area (Å²) in [4.78, 5) is 30.1. The van der Waals surface area contributed by atoms with Crippen molar-refractivity contribution in [3.8, 4) is 5.75 Å². The second kappa shape index (κ2) is 12.1. The quantitative estimate of drug-likeness (QED) is 0.605. The van der Waals surface area contributed by atoms with E-state index >= 15 is 0 Å². The van der Waals surface area contributed by atoms with E-state index in [1.165, 1.54) is 17.7 Å². The summed E-state index contributed by atoms with van der Waals surface area (Å²) in [5.41, 5.74) is 1.36. The summed E-state index contributed by atoms with van der Waals surface area (Å²) in [5, 5.41) is 3.13. The number of nitrogens with one attached hydrogen (secondary N) is 1. The van der Waals surface area contributed by atoms with Crippen LogP contribution in [0.1, 0.15) is 48.0 Å². The summed E-state index contributed by atoms with van der Waals surface area (Å²) in [7, 11) is 0. The predicted octanol–water partition coefficient (Wildman–Crippen LogP) is 4.31. The molecule has 6 nitrogen and oxygen atoms in total. The molecule has 0 saturated carbocycles. The van der Waals surface area contributed by atoms with Gasteiger partial charge in [0.1, 0.15) is 5.75 Å². The van der Waals surface area contributed by atoms with E-state index in [9.17, 15) is 18.4 Å². The second-order valence-electron chi connectivity index (χ2n) is 9.32. The lowest BCUT2D eigenvalue weighted by atomic mass is 9.95. The van der Waals surface area contributed by atoms with Crippen LogP contribution in [0.4, 0.5) is 8.78 Å². The zero-order valence-corrected chi connectivity index (χ0v) is 19.9. The zero-order chi connectivity index (χ0) is 24.6. The third-order valence-electron chi connectivity index (χ3n) is 6.90. The van der Waals surface area contributed by atoms with Gasteiger partial charge in [0.2, 0.25) is 5.91 Å². The van der Waals surface area contributed by atoms with Gasteiger partial charge in [-0.3, -0.25) is 14.5 Å². The molecule has 2 aromatic rings. The fraction of sp³-hybridized carbons (Fsp3) is 0.481. The van der Waals surface area contributed by atoms with Crippen LogP contribution >= 0.6 is 0 Å². The summed E-state index contributed by atoms with van der Waals surface area (Å²) in [6.45, 7) is 0.214. The lowest BCUT2D eigenvalue weighted by Crippen LogP contribution is -2.50. The maximum absolute atomic E-state index is 13.1. The van der Waals surface area contributed by atoms with Crippen LogP contribution in [0.5, 0.6) is 5.75 Å². The molecule has 2 atom stereocenters. The molecule has 0 spiro atoms. The highest BCUT2D eigenvalue weighted by atomic mass is 19.3. The molecule has 0 aliphatic carbocycles. The van der Waals surface area contributed by atoms with Crippen molar-refractivity contribution < 1.29 is 23.1 Å². The van der Waals surface area contributed by atoms with Crippen molar-refractivity contribution in [2.75, 3.05) is 26.2 Å². The summed E-state index contributed by atoms with van der Waals surface area (Å²) in [5.74, 6) is -0.901. The Morgan fingerprint density at radius 3 is 2.54 bits per heavy atom. The summed E-state index contributed by atoms with van der Waals surface area (Å²) >= 11 is 0. The molecule has 2 aliphatic heterocycles. The molecule has 188 valence electrons. The van der Waals surface area contributed by atoms with Gasteiger partial charge in [-0.25, -0.2) is 0 Å². The molecule has 1 N–H and O–H groups in total. The van der Waals surface area contributed by atoms with Gasteiger partial charge in [0.05, 0.1) is 11.5 Å². The monoisotopic (exact) mass is 485 g/mol.